The highest BCUT2D eigenvalue weighted by Gasteiger charge is 2.26. The zero-order valence-corrected chi connectivity index (χ0v) is 11.8. The van der Waals surface area contributed by atoms with E-state index in [1.54, 1.807) is 13.2 Å². The van der Waals surface area contributed by atoms with Crippen molar-refractivity contribution >= 4 is 5.97 Å². The maximum atomic E-state index is 11.0. The van der Waals surface area contributed by atoms with Crippen molar-refractivity contribution in [3.63, 3.8) is 0 Å². The SMILES string of the molecule is C=CC(C)(CCCC(C)(CC)OC)OC(C)=O. The van der Waals surface area contributed by atoms with Gasteiger partial charge in [0.05, 0.1) is 5.60 Å². The molecular formula is C14H26O3. The average molecular weight is 242 g/mol. The quantitative estimate of drug-likeness (QED) is 0.483. The molecule has 0 aliphatic heterocycles. The van der Waals surface area contributed by atoms with E-state index in [-0.39, 0.29) is 11.6 Å². The summed E-state index contributed by atoms with van der Waals surface area (Å²) in [5, 5.41) is 0. The molecule has 0 rings (SSSR count). The Morgan fingerprint density at radius 3 is 2.29 bits per heavy atom. The predicted octanol–water partition coefficient (Wildman–Crippen LogP) is 3.48. The Balaban J connectivity index is 4.25. The first-order valence-electron chi connectivity index (χ1n) is 6.19. The highest BCUT2D eigenvalue weighted by atomic mass is 16.6. The van der Waals surface area contributed by atoms with Crippen LogP contribution < -0.4 is 0 Å². The van der Waals surface area contributed by atoms with Crippen LogP contribution in [-0.4, -0.2) is 24.3 Å². The summed E-state index contributed by atoms with van der Waals surface area (Å²) < 4.78 is 10.8. The van der Waals surface area contributed by atoms with Gasteiger partial charge >= 0.3 is 5.97 Å². The molecule has 100 valence electrons. The standard InChI is InChI=1S/C14H26O3/c1-7-13(4,16-6)10-9-11-14(5,8-2)17-12(3)15/h8H,2,7,9-11H2,1,3-6H3. The second-order valence-electron chi connectivity index (χ2n) is 4.97. The second-order valence-corrected chi connectivity index (χ2v) is 4.97. The minimum atomic E-state index is -0.561. The molecule has 3 heteroatoms. The zero-order chi connectivity index (χ0) is 13.5. The fraction of sp³-hybridized carbons (Fsp3) is 0.786. The number of methoxy groups -OCH3 is 1. The summed E-state index contributed by atoms with van der Waals surface area (Å²) in [5.74, 6) is -0.266. The minimum absolute atomic E-state index is 0.0850. The fourth-order valence-corrected chi connectivity index (χ4v) is 1.76. The molecule has 0 saturated heterocycles. The molecule has 0 amide bonds. The zero-order valence-electron chi connectivity index (χ0n) is 11.8. The summed E-state index contributed by atoms with van der Waals surface area (Å²) in [5.41, 5.74) is -0.646. The summed E-state index contributed by atoms with van der Waals surface area (Å²) in [6.07, 6.45) is 5.33. The van der Waals surface area contributed by atoms with Crippen LogP contribution in [0.15, 0.2) is 12.7 Å². The molecular weight excluding hydrogens is 216 g/mol. The van der Waals surface area contributed by atoms with Gasteiger partial charge in [-0.05, 0) is 45.6 Å². The molecule has 0 radical (unpaired) electrons. The fourth-order valence-electron chi connectivity index (χ4n) is 1.76. The normalized spacial score (nSPS) is 17.9. The van der Waals surface area contributed by atoms with Gasteiger partial charge in [-0.2, -0.15) is 0 Å². The van der Waals surface area contributed by atoms with Crippen LogP contribution in [0.5, 0.6) is 0 Å². The Labute approximate surface area is 105 Å². The van der Waals surface area contributed by atoms with Gasteiger partial charge in [0, 0.05) is 14.0 Å². The van der Waals surface area contributed by atoms with E-state index in [0.717, 1.165) is 25.7 Å². The van der Waals surface area contributed by atoms with Crippen molar-refractivity contribution in [3.05, 3.63) is 12.7 Å². The van der Waals surface area contributed by atoms with Gasteiger partial charge in [0.15, 0.2) is 0 Å². The van der Waals surface area contributed by atoms with Gasteiger partial charge < -0.3 is 9.47 Å². The van der Waals surface area contributed by atoms with Gasteiger partial charge in [0.25, 0.3) is 0 Å². The lowest BCUT2D eigenvalue weighted by Crippen LogP contribution is -2.31. The number of rotatable bonds is 8. The Hall–Kier alpha value is -0.830. The molecule has 17 heavy (non-hydrogen) atoms. The number of hydrogen-bond donors (Lipinski definition) is 0. The lowest BCUT2D eigenvalue weighted by molar-refractivity contribution is -0.151. The molecule has 0 aliphatic carbocycles. The van der Waals surface area contributed by atoms with Crippen molar-refractivity contribution in [2.24, 2.45) is 0 Å². The number of carbonyl (C=O) groups excluding carboxylic acids is 1. The first-order chi connectivity index (χ1) is 7.81. The Kier molecular flexibility index (Phi) is 6.46. The van der Waals surface area contributed by atoms with Gasteiger partial charge in [-0.3, -0.25) is 4.79 Å². The van der Waals surface area contributed by atoms with Crippen molar-refractivity contribution in [3.8, 4) is 0 Å². The molecule has 0 aromatic carbocycles. The Morgan fingerprint density at radius 1 is 1.35 bits per heavy atom. The van der Waals surface area contributed by atoms with Crippen LogP contribution >= 0.6 is 0 Å². The number of ether oxygens (including phenoxy) is 2. The van der Waals surface area contributed by atoms with Gasteiger partial charge in [-0.1, -0.05) is 13.5 Å². The minimum Gasteiger partial charge on any atom is -0.455 e. The Morgan fingerprint density at radius 2 is 1.94 bits per heavy atom. The average Bonchev–Trinajstić information content (AvgIpc) is 2.28. The van der Waals surface area contributed by atoms with Crippen molar-refractivity contribution in [2.75, 3.05) is 7.11 Å². The van der Waals surface area contributed by atoms with E-state index in [4.69, 9.17) is 9.47 Å². The third-order valence-electron chi connectivity index (χ3n) is 3.43. The molecule has 3 nitrogen and oxygen atoms in total. The van der Waals surface area contributed by atoms with Crippen LogP contribution in [0.4, 0.5) is 0 Å². The number of esters is 1. The summed E-state index contributed by atoms with van der Waals surface area (Å²) >= 11 is 0. The highest BCUT2D eigenvalue weighted by molar-refractivity contribution is 5.66. The monoisotopic (exact) mass is 242 g/mol. The maximum absolute atomic E-state index is 11.0. The van der Waals surface area contributed by atoms with E-state index < -0.39 is 5.60 Å². The second kappa shape index (κ2) is 6.80. The molecule has 2 unspecified atom stereocenters. The summed E-state index contributed by atoms with van der Waals surface area (Å²) in [7, 11) is 1.74. The first-order valence-corrected chi connectivity index (χ1v) is 6.19. The van der Waals surface area contributed by atoms with Gasteiger partial charge in [-0.25, -0.2) is 0 Å². The van der Waals surface area contributed by atoms with Crippen molar-refractivity contribution in [1.29, 1.82) is 0 Å². The van der Waals surface area contributed by atoms with E-state index in [0.29, 0.717) is 0 Å². The van der Waals surface area contributed by atoms with E-state index in [1.165, 1.54) is 6.92 Å². The predicted molar refractivity (Wildman–Crippen MR) is 69.9 cm³/mol. The topological polar surface area (TPSA) is 35.5 Å². The van der Waals surface area contributed by atoms with Crippen LogP contribution in [0.25, 0.3) is 0 Å². The number of hydrogen-bond acceptors (Lipinski definition) is 3. The third kappa shape index (κ3) is 5.87. The van der Waals surface area contributed by atoms with Gasteiger partial charge in [0.1, 0.15) is 5.60 Å². The van der Waals surface area contributed by atoms with Crippen molar-refractivity contribution in [1.82, 2.24) is 0 Å². The summed E-state index contributed by atoms with van der Waals surface area (Å²) in [6, 6.07) is 0. The molecule has 2 atom stereocenters. The van der Waals surface area contributed by atoms with Gasteiger partial charge in [0.2, 0.25) is 0 Å². The molecule has 0 aromatic heterocycles. The van der Waals surface area contributed by atoms with Crippen molar-refractivity contribution < 1.29 is 14.3 Å². The smallest absolute Gasteiger partial charge is 0.303 e. The molecule has 0 fully saturated rings. The first kappa shape index (κ1) is 16.2. The largest absolute Gasteiger partial charge is 0.455 e. The molecule has 0 N–H and O–H groups in total. The maximum Gasteiger partial charge on any atom is 0.303 e. The van der Waals surface area contributed by atoms with Crippen LogP contribution in [0.3, 0.4) is 0 Å². The molecule has 0 saturated carbocycles. The van der Waals surface area contributed by atoms with Crippen LogP contribution in [0.1, 0.15) is 53.4 Å². The van der Waals surface area contributed by atoms with Crippen molar-refractivity contribution in [2.45, 2.75) is 64.6 Å². The Bertz CT molecular complexity index is 256. The third-order valence-corrected chi connectivity index (χ3v) is 3.43. The van der Waals surface area contributed by atoms with E-state index >= 15 is 0 Å². The lowest BCUT2D eigenvalue weighted by atomic mass is 9.91. The summed E-state index contributed by atoms with van der Waals surface area (Å²) in [4.78, 5) is 11.0. The molecule has 0 bridgehead atoms. The van der Waals surface area contributed by atoms with E-state index in [1.807, 2.05) is 6.92 Å². The lowest BCUT2D eigenvalue weighted by Gasteiger charge is -2.30. The summed E-state index contributed by atoms with van der Waals surface area (Å²) in [6.45, 7) is 11.3. The van der Waals surface area contributed by atoms with E-state index in [2.05, 4.69) is 20.4 Å². The van der Waals surface area contributed by atoms with E-state index in [9.17, 15) is 4.79 Å². The van der Waals surface area contributed by atoms with Crippen LogP contribution in [0.2, 0.25) is 0 Å². The molecule has 0 aromatic rings. The van der Waals surface area contributed by atoms with Crippen LogP contribution in [0, 0.1) is 0 Å². The molecule has 0 aliphatic rings. The number of carbonyl (C=O) groups is 1. The molecule has 0 heterocycles. The van der Waals surface area contributed by atoms with Crippen LogP contribution in [-0.2, 0) is 14.3 Å². The molecule has 0 spiro atoms. The van der Waals surface area contributed by atoms with Gasteiger partial charge in [-0.15, -0.1) is 0 Å². The highest BCUT2D eigenvalue weighted by Crippen LogP contribution is 2.26.